The SMILES string of the molecule is c1ccc(-c2ccc(N(c3ccc(-c4ccc5ccccc5c4)cc3)c3ccc(-c4ccc5c(c4)sc4ccccc45)cc3)cc2)cc1. The molecule has 9 rings (SSSR count). The molecule has 0 aliphatic heterocycles. The molecule has 0 saturated carbocycles. The first-order chi connectivity index (χ1) is 23.8. The zero-order valence-electron chi connectivity index (χ0n) is 26.3. The average Bonchev–Trinajstić information content (AvgIpc) is 3.54. The van der Waals surface area contributed by atoms with E-state index in [2.05, 4.69) is 193 Å². The van der Waals surface area contributed by atoms with E-state index >= 15 is 0 Å². The second kappa shape index (κ2) is 12.0. The molecule has 226 valence electrons. The van der Waals surface area contributed by atoms with Gasteiger partial charge < -0.3 is 4.90 Å². The van der Waals surface area contributed by atoms with Crippen LogP contribution in [0.3, 0.4) is 0 Å². The summed E-state index contributed by atoms with van der Waals surface area (Å²) in [5.74, 6) is 0. The maximum atomic E-state index is 2.35. The van der Waals surface area contributed by atoms with Crippen molar-refractivity contribution in [3.8, 4) is 33.4 Å². The van der Waals surface area contributed by atoms with Crippen LogP contribution in [-0.4, -0.2) is 0 Å². The zero-order chi connectivity index (χ0) is 31.9. The second-order valence-electron chi connectivity index (χ2n) is 12.2. The highest BCUT2D eigenvalue weighted by molar-refractivity contribution is 7.25. The van der Waals surface area contributed by atoms with Gasteiger partial charge in [0, 0.05) is 37.2 Å². The molecule has 0 fully saturated rings. The lowest BCUT2D eigenvalue weighted by Crippen LogP contribution is -2.09. The molecule has 0 aliphatic carbocycles. The van der Waals surface area contributed by atoms with Crippen LogP contribution in [-0.2, 0) is 0 Å². The molecule has 0 aliphatic rings. The summed E-state index contributed by atoms with van der Waals surface area (Å²) in [6.07, 6.45) is 0. The summed E-state index contributed by atoms with van der Waals surface area (Å²) in [5, 5.41) is 5.18. The van der Waals surface area contributed by atoms with Gasteiger partial charge in [-0.05, 0) is 98.8 Å². The largest absolute Gasteiger partial charge is 0.311 e. The normalized spacial score (nSPS) is 11.3. The van der Waals surface area contributed by atoms with E-state index in [1.807, 2.05) is 11.3 Å². The van der Waals surface area contributed by atoms with E-state index in [-0.39, 0.29) is 0 Å². The smallest absolute Gasteiger partial charge is 0.0462 e. The summed E-state index contributed by atoms with van der Waals surface area (Å²) >= 11 is 1.86. The molecule has 0 N–H and O–H groups in total. The number of hydrogen-bond acceptors (Lipinski definition) is 2. The Bertz CT molecular complexity index is 2530. The molecule has 48 heavy (non-hydrogen) atoms. The summed E-state index contributed by atoms with van der Waals surface area (Å²) in [6.45, 7) is 0. The highest BCUT2D eigenvalue weighted by Gasteiger charge is 2.14. The maximum absolute atomic E-state index is 2.35. The van der Waals surface area contributed by atoms with E-state index in [1.54, 1.807) is 0 Å². The molecule has 1 heterocycles. The van der Waals surface area contributed by atoms with Crippen LogP contribution >= 0.6 is 11.3 Å². The minimum Gasteiger partial charge on any atom is -0.311 e. The van der Waals surface area contributed by atoms with Gasteiger partial charge in [-0.15, -0.1) is 11.3 Å². The monoisotopic (exact) mass is 629 g/mol. The van der Waals surface area contributed by atoms with Gasteiger partial charge in [0.1, 0.15) is 0 Å². The summed E-state index contributed by atoms with van der Waals surface area (Å²) in [7, 11) is 0. The standard InChI is InChI=1S/C46H31NS/c1-2-8-32(9-3-1)34-16-23-40(24-17-34)47(41-25-18-35(19-26-41)38-15-14-33-10-4-5-11-37(33)30-38)42-27-20-36(21-28-42)39-22-29-44-43-12-6-7-13-45(43)48-46(44)31-39/h1-31H. The number of anilines is 3. The number of hydrogen-bond donors (Lipinski definition) is 0. The molecule has 8 aromatic carbocycles. The first-order valence-corrected chi connectivity index (χ1v) is 17.2. The predicted molar refractivity (Wildman–Crippen MR) is 208 cm³/mol. The first kappa shape index (κ1) is 28.3. The summed E-state index contributed by atoms with van der Waals surface area (Å²) in [6, 6.07) is 68.1. The van der Waals surface area contributed by atoms with Crippen molar-refractivity contribution in [2.75, 3.05) is 4.90 Å². The van der Waals surface area contributed by atoms with Gasteiger partial charge in [-0.1, -0.05) is 133 Å². The van der Waals surface area contributed by atoms with E-state index in [0.717, 1.165) is 17.1 Å². The fourth-order valence-electron chi connectivity index (χ4n) is 6.76. The van der Waals surface area contributed by atoms with Crippen molar-refractivity contribution in [3.05, 3.63) is 188 Å². The molecular weight excluding hydrogens is 599 g/mol. The average molecular weight is 630 g/mol. The molecule has 2 heteroatoms. The fourth-order valence-corrected chi connectivity index (χ4v) is 7.91. The Morgan fingerprint density at radius 2 is 0.750 bits per heavy atom. The van der Waals surface area contributed by atoms with Crippen molar-refractivity contribution in [2.24, 2.45) is 0 Å². The molecule has 0 unspecified atom stereocenters. The summed E-state index contributed by atoms with van der Waals surface area (Å²) in [4.78, 5) is 2.35. The Labute approximate surface area is 284 Å². The van der Waals surface area contributed by atoms with Crippen LogP contribution in [0.5, 0.6) is 0 Å². The molecule has 9 aromatic rings. The maximum Gasteiger partial charge on any atom is 0.0462 e. The van der Waals surface area contributed by atoms with Crippen molar-refractivity contribution >= 4 is 59.3 Å². The van der Waals surface area contributed by atoms with E-state index in [9.17, 15) is 0 Å². The molecule has 1 nitrogen and oxygen atoms in total. The summed E-state index contributed by atoms with van der Waals surface area (Å²) in [5.41, 5.74) is 10.7. The van der Waals surface area contributed by atoms with E-state index in [4.69, 9.17) is 0 Å². The lowest BCUT2D eigenvalue weighted by Gasteiger charge is -2.26. The number of thiophene rings is 1. The number of benzene rings is 8. The molecular formula is C46H31NS. The lowest BCUT2D eigenvalue weighted by molar-refractivity contribution is 1.28. The third-order valence-corrected chi connectivity index (χ3v) is 10.4. The zero-order valence-corrected chi connectivity index (χ0v) is 27.1. The first-order valence-electron chi connectivity index (χ1n) is 16.3. The minimum atomic E-state index is 1.12. The van der Waals surface area contributed by atoms with Crippen LogP contribution in [0, 0.1) is 0 Å². The molecule has 0 saturated heterocycles. The lowest BCUT2D eigenvalue weighted by atomic mass is 10.0. The van der Waals surface area contributed by atoms with Crippen molar-refractivity contribution in [1.29, 1.82) is 0 Å². The molecule has 0 bridgehead atoms. The van der Waals surface area contributed by atoms with E-state index in [0.29, 0.717) is 0 Å². The van der Waals surface area contributed by atoms with Crippen LogP contribution in [0.1, 0.15) is 0 Å². The Morgan fingerprint density at radius 1 is 0.292 bits per heavy atom. The minimum absolute atomic E-state index is 1.12. The van der Waals surface area contributed by atoms with Gasteiger partial charge in [0.25, 0.3) is 0 Å². The quantitative estimate of drug-likeness (QED) is 0.177. The van der Waals surface area contributed by atoms with Crippen molar-refractivity contribution in [3.63, 3.8) is 0 Å². The van der Waals surface area contributed by atoms with Crippen LogP contribution in [0.2, 0.25) is 0 Å². The number of rotatable bonds is 6. The molecule has 0 atom stereocenters. The van der Waals surface area contributed by atoms with Crippen LogP contribution in [0.4, 0.5) is 17.1 Å². The third kappa shape index (κ3) is 5.23. The topological polar surface area (TPSA) is 3.24 Å². The van der Waals surface area contributed by atoms with Crippen LogP contribution in [0.25, 0.3) is 64.3 Å². The Hall–Kier alpha value is -5.96. The van der Waals surface area contributed by atoms with Gasteiger partial charge in [0.2, 0.25) is 0 Å². The van der Waals surface area contributed by atoms with E-state index < -0.39 is 0 Å². The van der Waals surface area contributed by atoms with Crippen LogP contribution < -0.4 is 4.90 Å². The molecule has 0 radical (unpaired) electrons. The Morgan fingerprint density at radius 3 is 1.42 bits per heavy atom. The Kier molecular flexibility index (Phi) is 7.07. The van der Waals surface area contributed by atoms with Crippen molar-refractivity contribution < 1.29 is 0 Å². The molecule has 0 amide bonds. The highest BCUT2D eigenvalue weighted by atomic mass is 32.1. The number of fused-ring (bicyclic) bond motifs is 4. The summed E-state index contributed by atoms with van der Waals surface area (Å²) < 4.78 is 2.66. The van der Waals surface area contributed by atoms with Gasteiger partial charge in [-0.3, -0.25) is 0 Å². The van der Waals surface area contributed by atoms with Gasteiger partial charge in [0.05, 0.1) is 0 Å². The Balaban J connectivity index is 1.08. The number of nitrogens with zero attached hydrogens (tertiary/aromatic N) is 1. The molecule has 1 aromatic heterocycles. The van der Waals surface area contributed by atoms with Crippen molar-refractivity contribution in [2.45, 2.75) is 0 Å². The fraction of sp³-hybridized carbons (Fsp3) is 0. The van der Waals surface area contributed by atoms with Crippen LogP contribution in [0.15, 0.2) is 188 Å². The van der Waals surface area contributed by atoms with E-state index in [1.165, 1.54) is 64.3 Å². The third-order valence-electron chi connectivity index (χ3n) is 9.28. The van der Waals surface area contributed by atoms with Gasteiger partial charge >= 0.3 is 0 Å². The van der Waals surface area contributed by atoms with Crippen molar-refractivity contribution in [1.82, 2.24) is 0 Å². The molecule has 0 spiro atoms. The van der Waals surface area contributed by atoms with Gasteiger partial charge in [-0.25, -0.2) is 0 Å². The van der Waals surface area contributed by atoms with Gasteiger partial charge in [-0.2, -0.15) is 0 Å². The predicted octanol–water partition coefficient (Wildman–Crippen LogP) is 13.7. The second-order valence-corrected chi connectivity index (χ2v) is 13.3. The highest BCUT2D eigenvalue weighted by Crippen LogP contribution is 2.39. The van der Waals surface area contributed by atoms with Gasteiger partial charge in [0.15, 0.2) is 0 Å².